The van der Waals surface area contributed by atoms with E-state index in [2.05, 4.69) is 5.32 Å². The third kappa shape index (κ3) is 4.00. The van der Waals surface area contributed by atoms with E-state index in [1.807, 2.05) is 24.3 Å². The highest BCUT2D eigenvalue weighted by Gasteiger charge is 2.45. The minimum atomic E-state index is -0.212. The van der Waals surface area contributed by atoms with Crippen LogP contribution in [0, 0.1) is 0 Å². The second-order valence-electron chi connectivity index (χ2n) is 6.10. The maximum absolute atomic E-state index is 12.1. The van der Waals surface area contributed by atoms with Crippen molar-refractivity contribution in [3.05, 3.63) is 34.9 Å². The molecule has 0 aromatic heterocycles. The molecule has 1 aliphatic heterocycles. The molecule has 120 valence electrons. The molecular weight excluding hydrogens is 302 g/mol. The van der Waals surface area contributed by atoms with Crippen molar-refractivity contribution in [2.75, 3.05) is 19.8 Å². The third-order valence-electron chi connectivity index (χ3n) is 4.31. The first-order chi connectivity index (χ1) is 10.7. The van der Waals surface area contributed by atoms with Gasteiger partial charge in [0.2, 0.25) is 5.91 Å². The Hall–Kier alpha value is -1.10. The number of hydrogen-bond acceptors (Lipinski definition) is 3. The predicted molar refractivity (Wildman–Crippen MR) is 84.9 cm³/mol. The summed E-state index contributed by atoms with van der Waals surface area (Å²) in [6, 6.07) is 7.73. The Morgan fingerprint density at radius 1 is 1.45 bits per heavy atom. The van der Waals surface area contributed by atoms with Gasteiger partial charge in [0.25, 0.3) is 0 Å². The van der Waals surface area contributed by atoms with Crippen LogP contribution in [0.1, 0.15) is 37.7 Å². The Morgan fingerprint density at radius 2 is 2.32 bits per heavy atom. The van der Waals surface area contributed by atoms with Gasteiger partial charge in [-0.2, -0.15) is 0 Å². The van der Waals surface area contributed by atoms with Crippen LogP contribution in [0.15, 0.2) is 24.3 Å². The van der Waals surface area contributed by atoms with Gasteiger partial charge in [0.15, 0.2) is 0 Å². The standard InChI is InChI=1S/C17H22ClNO3/c18-14-4-1-3-13(11-14)17(7-8-17)19-16(20)6-10-21-12-15-5-2-9-22-15/h1,3-4,11,15H,2,5-10,12H2,(H,19,20). The zero-order chi connectivity index (χ0) is 15.4. The molecule has 1 aromatic carbocycles. The lowest BCUT2D eigenvalue weighted by atomic mass is 10.0. The van der Waals surface area contributed by atoms with E-state index in [9.17, 15) is 4.79 Å². The average Bonchev–Trinajstić information content (AvgIpc) is 3.09. The molecular formula is C17H22ClNO3. The molecule has 5 heteroatoms. The Labute approximate surface area is 136 Å². The summed E-state index contributed by atoms with van der Waals surface area (Å²) in [4.78, 5) is 12.1. The lowest BCUT2D eigenvalue weighted by molar-refractivity contribution is -0.123. The van der Waals surface area contributed by atoms with Gasteiger partial charge in [-0.1, -0.05) is 23.7 Å². The van der Waals surface area contributed by atoms with E-state index in [0.29, 0.717) is 24.7 Å². The number of nitrogens with one attached hydrogen (secondary N) is 1. The second kappa shape index (κ2) is 6.99. The normalized spacial score (nSPS) is 22.5. The molecule has 22 heavy (non-hydrogen) atoms. The van der Waals surface area contributed by atoms with E-state index >= 15 is 0 Å². The molecule has 1 heterocycles. The Morgan fingerprint density at radius 3 is 3.00 bits per heavy atom. The van der Waals surface area contributed by atoms with Crippen LogP contribution in [-0.4, -0.2) is 31.8 Å². The maximum atomic E-state index is 12.1. The van der Waals surface area contributed by atoms with Gasteiger partial charge in [0.1, 0.15) is 0 Å². The SMILES string of the molecule is O=C(CCOCC1CCCO1)NC1(c2cccc(Cl)c2)CC1. The van der Waals surface area contributed by atoms with Gasteiger partial charge < -0.3 is 14.8 Å². The smallest absolute Gasteiger partial charge is 0.223 e. The van der Waals surface area contributed by atoms with E-state index in [4.69, 9.17) is 21.1 Å². The van der Waals surface area contributed by atoms with Crippen LogP contribution in [0.4, 0.5) is 0 Å². The van der Waals surface area contributed by atoms with Gasteiger partial charge >= 0.3 is 0 Å². The van der Waals surface area contributed by atoms with Crippen molar-refractivity contribution in [3.63, 3.8) is 0 Å². The molecule has 1 unspecified atom stereocenters. The van der Waals surface area contributed by atoms with E-state index in [-0.39, 0.29) is 17.6 Å². The summed E-state index contributed by atoms with van der Waals surface area (Å²) in [7, 11) is 0. The van der Waals surface area contributed by atoms with Crippen molar-refractivity contribution in [1.29, 1.82) is 0 Å². The Balaban J connectivity index is 1.41. The summed E-state index contributed by atoms with van der Waals surface area (Å²) in [6.07, 6.45) is 4.70. The van der Waals surface area contributed by atoms with Gasteiger partial charge in [-0.3, -0.25) is 4.79 Å². The van der Waals surface area contributed by atoms with Crippen molar-refractivity contribution >= 4 is 17.5 Å². The van der Waals surface area contributed by atoms with Crippen LogP contribution in [0.3, 0.4) is 0 Å². The van der Waals surface area contributed by atoms with Gasteiger partial charge in [-0.25, -0.2) is 0 Å². The number of ether oxygens (including phenoxy) is 2. The molecule has 1 atom stereocenters. The summed E-state index contributed by atoms with van der Waals surface area (Å²) in [5, 5.41) is 3.84. The van der Waals surface area contributed by atoms with Crippen LogP contribution in [0.2, 0.25) is 5.02 Å². The molecule has 1 saturated carbocycles. The third-order valence-corrected chi connectivity index (χ3v) is 4.54. The fraction of sp³-hybridized carbons (Fsp3) is 0.588. The zero-order valence-corrected chi connectivity index (χ0v) is 13.4. The molecule has 1 amide bonds. The van der Waals surface area contributed by atoms with Crippen molar-refractivity contribution in [3.8, 4) is 0 Å². The fourth-order valence-electron chi connectivity index (χ4n) is 2.88. The first-order valence-corrected chi connectivity index (χ1v) is 8.32. The van der Waals surface area contributed by atoms with Crippen LogP contribution in [0.25, 0.3) is 0 Å². The summed E-state index contributed by atoms with van der Waals surface area (Å²) < 4.78 is 11.0. The summed E-state index contributed by atoms with van der Waals surface area (Å²) >= 11 is 6.04. The molecule has 2 aliphatic rings. The van der Waals surface area contributed by atoms with E-state index < -0.39 is 0 Å². The summed E-state index contributed by atoms with van der Waals surface area (Å²) in [6.45, 7) is 1.86. The highest BCUT2D eigenvalue weighted by Crippen LogP contribution is 2.46. The topological polar surface area (TPSA) is 47.6 Å². The number of carbonyl (C=O) groups excluding carboxylic acids is 1. The summed E-state index contributed by atoms with van der Waals surface area (Å²) in [5.41, 5.74) is 0.880. The van der Waals surface area contributed by atoms with E-state index in [0.717, 1.165) is 37.9 Å². The molecule has 1 saturated heterocycles. The molecule has 1 N–H and O–H groups in total. The van der Waals surface area contributed by atoms with Gasteiger partial charge in [-0.05, 0) is 43.4 Å². The maximum Gasteiger partial charge on any atom is 0.223 e. The quantitative estimate of drug-likeness (QED) is 0.785. The largest absolute Gasteiger partial charge is 0.378 e. The summed E-state index contributed by atoms with van der Waals surface area (Å²) in [5.74, 6) is 0.0322. The van der Waals surface area contributed by atoms with Crippen molar-refractivity contribution in [2.24, 2.45) is 0 Å². The Kier molecular flexibility index (Phi) is 5.01. The molecule has 4 nitrogen and oxygen atoms in total. The first-order valence-electron chi connectivity index (χ1n) is 7.94. The fourth-order valence-corrected chi connectivity index (χ4v) is 3.07. The zero-order valence-electron chi connectivity index (χ0n) is 12.6. The van der Waals surface area contributed by atoms with Gasteiger partial charge in [-0.15, -0.1) is 0 Å². The van der Waals surface area contributed by atoms with E-state index in [1.54, 1.807) is 0 Å². The highest BCUT2D eigenvalue weighted by atomic mass is 35.5. The van der Waals surface area contributed by atoms with Crippen molar-refractivity contribution in [2.45, 2.75) is 43.7 Å². The molecule has 1 aromatic rings. The average molecular weight is 324 g/mol. The molecule has 0 spiro atoms. The number of carbonyl (C=O) groups is 1. The minimum Gasteiger partial charge on any atom is -0.378 e. The molecule has 2 fully saturated rings. The lowest BCUT2D eigenvalue weighted by Gasteiger charge is -2.18. The molecule has 3 rings (SSSR count). The number of hydrogen-bond donors (Lipinski definition) is 1. The number of benzene rings is 1. The first kappa shape index (κ1) is 15.8. The van der Waals surface area contributed by atoms with Crippen LogP contribution in [0.5, 0.6) is 0 Å². The van der Waals surface area contributed by atoms with Crippen molar-refractivity contribution < 1.29 is 14.3 Å². The monoisotopic (exact) mass is 323 g/mol. The second-order valence-corrected chi connectivity index (χ2v) is 6.54. The Bertz CT molecular complexity index is 524. The van der Waals surface area contributed by atoms with Crippen LogP contribution in [-0.2, 0) is 19.8 Å². The predicted octanol–water partition coefficient (Wildman–Crippen LogP) is 3.03. The van der Waals surface area contributed by atoms with Gasteiger partial charge in [0, 0.05) is 18.1 Å². The number of amides is 1. The lowest BCUT2D eigenvalue weighted by Crippen LogP contribution is -2.35. The van der Waals surface area contributed by atoms with Crippen LogP contribution >= 0.6 is 11.6 Å². The van der Waals surface area contributed by atoms with Crippen LogP contribution < -0.4 is 5.32 Å². The molecule has 0 bridgehead atoms. The van der Waals surface area contributed by atoms with Crippen molar-refractivity contribution in [1.82, 2.24) is 5.32 Å². The number of rotatable bonds is 7. The minimum absolute atomic E-state index is 0.0322. The highest BCUT2D eigenvalue weighted by molar-refractivity contribution is 6.30. The molecule has 0 radical (unpaired) electrons. The van der Waals surface area contributed by atoms with E-state index in [1.165, 1.54) is 0 Å². The van der Waals surface area contributed by atoms with Gasteiger partial charge in [0.05, 0.1) is 24.9 Å². The number of halogens is 1. The molecule has 1 aliphatic carbocycles.